The number of halogens is 3. The van der Waals surface area contributed by atoms with Crippen LogP contribution in [0, 0.1) is 0 Å². The van der Waals surface area contributed by atoms with Crippen LogP contribution in [-0.4, -0.2) is 25.6 Å². The Hall–Kier alpha value is 2.89. The molecule has 0 bridgehead atoms. The van der Waals surface area contributed by atoms with Crippen molar-refractivity contribution in [1.82, 2.24) is 4.98 Å². The summed E-state index contributed by atoms with van der Waals surface area (Å²) in [5.41, 5.74) is 2.62. The van der Waals surface area contributed by atoms with E-state index in [0.29, 0.717) is 20.6 Å². The molecule has 1 heterocycles. The Morgan fingerprint density at radius 2 is 0.867 bits per heavy atom. The standard InChI is InChI=1S/C23H43NP2.3HI.Mo/c1-20(2,3)25(21(4,5)6)16-18-14-13-15-19(24-18)17-26(22(7,8)9)23(10,11)12;;;;/h13-15H,16-17H2,1-12H3;3*1H;/q;;;;+3/p-1. The topological polar surface area (TPSA) is 12.9 Å². The molecule has 1 aromatic heterocycles. The van der Waals surface area contributed by atoms with E-state index in [4.69, 9.17) is 4.98 Å². The van der Waals surface area contributed by atoms with Crippen LogP contribution in [0.3, 0.4) is 0 Å². The average molecular weight is 874 g/mol. The summed E-state index contributed by atoms with van der Waals surface area (Å²) in [5.74, 6) is 0. The number of aromatic nitrogens is 1. The van der Waals surface area contributed by atoms with Crippen molar-refractivity contribution < 1.29 is 6.27 Å². The SMILES string of the molecule is CC(C)(C)[PH+](Cc1cccc(C[PH+](C(C)(C)C)C(C)(C)C)n1)C(C)(C)C.[I][Mo]([I])[I]. The fourth-order valence-corrected chi connectivity index (χ4v) is 12.1. The van der Waals surface area contributed by atoms with Gasteiger partial charge in [0.1, 0.15) is 0 Å². The van der Waals surface area contributed by atoms with Gasteiger partial charge in [0.2, 0.25) is 0 Å². The van der Waals surface area contributed by atoms with Gasteiger partial charge in [0.25, 0.3) is 0 Å². The third-order valence-electron chi connectivity index (χ3n) is 5.20. The Morgan fingerprint density at radius 1 is 0.633 bits per heavy atom. The summed E-state index contributed by atoms with van der Waals surface area (Å²) in [5, 5.41) is 1.53. The van der Waals surface area contributed by atoms with Crippen molar-refractivity contribution in [2.75, 3.05) is 0 Å². The third kappa shape index (κ3) is 13.7. The molecule has 0 aliphatic heterocycles. The molecule has 0 aliphatic rings. The van der Waals surface area contributed by atoms with Crippen LogP contribution in [0.1, 0.15) is 94.5 Å². The molecule has 0 saturated heterocycles. The molecule has 0 radical (unpaired) electrons. The van der Waals surface area contributed by atoms with Gasteiger partial charge >= 0.3 is 64.3 Å². The second-order valence-corrected chi connectivity index (χ2v) is 67.1. The molecule has 1 aromatic rings. The molecule has 0 atom stereocenters. The van der Waals surface area contributed by atoms with Crippen molar-refractivity contribution in [3.05, 3.63) is 29.6 Å². The van der Waals surface area contributed by atoms with Gasteiger partial charge in [-0.1, -0.05) is 6.07 Å². The zero-order valence-electron chi connectivity index (χ0n) is 21.1. The summed E-state index contributed by atoms with van der Waals surface area (Å²) in [6.45, 7) is 29.0. The Labute approximate surface area is 227 Å². The normalized spacial score (nSPS) is 13.7. The Bertz CT molecular complexity index is 562. The summed E-state index contributed by atoms with van der Waals surface area (Å²) in [7, 11) is -1.17. The van der Waals surface area contributed by atoms with Crippen molar-refractivity contribution >= 4 is 73.9 Å². The average Bonchev–Trinajstić information content (AvgIpc) is 2.45. The van der Waals surface area contributed by atoms with Gasteiger partial charge in [-0.25, -0.2) is 0 Å². The summed E-state index contributed by atoms with van der Waals surface area (Å²) >= 11 is 7.46. The molecule has 1 nitrogen and oxygen atoms in total. The van der Waals surface area contributed by atoms with Gasteiger partial charge in [-0.05, 0) is 95.2 Å². The van der Waals surface area contributed by atoms with Gasteiger partial charge in [0.05, 0.1) is 44.3 Å². The van der Waals surface area contributed by atoms with Gasteiger partial charge in [-0.3, -0.25) is 4.98 Å². The van der Waals surface area contributed by atoms with E-state index in [2.05, 4.69) is 159 Å². The fourth-order valence-electron chi connectivity index (χ4n) is 4.40. The van der Waals surface area contributed by atoms with Gasteiger partial charge in [0.15, 0.2) is 0 Å². The molecular formula is C23H45I3MoNP2+2. The van der Waals surface area contributed by atoms with Crippen LogP contribution in [0.2, 0.25) is 0 Å². The fraction of sp³-hybridized carbons (Fsp3) is 0.783. The Morgan fingerprint density at radius 3 is 1.07 bits per heavy atom. The Kier molecular flexibility index (Phi) is 14.5. The van der Waals surface area contributed by atoms with E-state index in [1.54, 1.807) is 0 Å². The summed E-state index contributed by atoms with van der Waals surface area (Å²) in [6, 6.07) is 6.76. The van der Waals surface area contributed by atoms with Crippen molar-refractivity contribution in [1.29, 1.82) is 0 Å². The van der Waals surface area contributed by atoms with Crippen LogP contribution in [0.4, 0.5) is 0 Å². The monoisotopic (exact) mass is 876 g/mol. The molecule has 1 rings (SSSR count). The van der Waals surface area contributed by atoms with Crippen LogP contribution >= 0.6 is 73.9 Å². The molecular weight excluding hydrogens is 829 g/mol. The second-order valence-electron chi connectivity index (χ2n) is 12.1. The van der Waals surface area contributed by atoms with Gasteiger partial charge in [-0.15, -0.1) is 0 Å². The van der Waals surface area contributed by atoms with Crippen LogP contribution in [0.25, 0.3) is 0 Å². The summed E-state index contributed by atoms with van der Waals surface area (Å²) < 4.78 is 0. The Balaban J connectivity index is 0.00000192. The van der Waals surface area contributed by atoms with Crippen molar-refractivity contribution in [2.24, 2.45) is 0 Å². The molecule has 7 heteroatoms. The van der Waals surface area contributed by atoms with E-state index < -0.39 is 22.1 Å². The summed E-state index contributed by atoms with van der Waals surface area (Å²) in [4.78, 5) is 5.16. The number of nitrogens with zero attached hydrogens (tertiary/aromatic N) is 1. The molecule has 0 saturated carbocycles. The van der Waals surface area contributed by atoms with Crippen molar-refractivity contribution in [3.8, 4) is 0 Å². The van der Waals surface area contributed by atoms with E-state index in [0.717, 1.165) is 0 Å². The van der Waals surface area contributed by atoms with E-state index >= 15 is 0 Å². The molecule has 0 amide bonds. The molecule has 0 aromatic carbocycles. The molecule has 30 heavy (non-hydrogen) atoms. The maximum atomic E-state index is 5.16. The number of hydrogen-bond acceptors (Lipinski definition) is 1. The van der Waals surface area contributed by atoms with E-state index in [1.165, 1.54) is 23.7 Å². The quantitative estimate of drug-likeness (QED) is 0.167. The van der Waals surface area contributed by atoms with E-state index in [9.17, 15) is 0 Å². The van der Waals surface area contributed by atoms with Crippen molar-refractivity contribution in [3.63, 3.8) is 0 Å². The minimum atomic E-state index is -0.583. The number of hydrogen-bond donors (Lipinski definition) is 0. The van der Waals surface area contributed by atoms with Crippen LogP contribution in [0.5, 0.6) is 0 Å². The van der Waals surface area contributed by atoms with Crippen LogP contribution in [-0.2, 0) is 18.6 Å². The minimum absolute atomic E-state index is 0.381. The predicted octanol–water partition coefficient (Wildman–Crippen LogP) is 10.4. The molecule has 0 aliphatic carbocycles. The number of pyridine rings is 1. The molecule has 0 spiro atoms. The van der Waals surface area contributed by atoms with E-state index in [-0.39, 0.29) is 0 Å². The predicted molar refractivity (Wildman–Crippen MR) is 169 cm³/mol. The zero-order valence-corrected chi connectivity index (χ0v) is 31.6. The second kappa shape index (κ2) is 13.3. The third-order valence-corrected chi connectivity index (χ3v) is 13.9. The maximum absolute atomic E-state index is 5.16. The van der Waals surface area contributed by atoms with Gasteiger partial charge in [-0.2, -0.15) is 0 Å². The van der Waals surface area contributed by atoms with Crippen LogP contribution < -0.4 is 0 Å². The van der Waals surface area contributed by atoms with Gasteiger partial charge in [0, 0.05) is 15.8 Å². The molecule has 0 N–H and O–H groups in total. The molecule has 0 unspecified atom stereocenters. The molecule has 177 valence electrons. The first-order valence-corrected chi connectivity index (χ1v) is 31.9. The number of rotatable bonds is 4. The first-order valence-electron chi connectivity index (χ1n) is 10.6. The van der Waals surface area contributed by atoms with Gasteiger partial charge < -0.3 is 0 Å². The first kappa shape index (κ1) is 32.9. The first-order chi connectivity index (χ1) is 13.2. The van der Waals surface area contributed by atoms with Crippen molar-refractivity contribution in [2.45, 2.75) is 116 Å². The summed E-state index contributed by atoms with van der Waals surface area (Å²) in [6.07, 6.45) is 1.88. The van der Waals surface area contributed by atoms with E-state index in [1.807, 2.05) is 0 Å². The van der Waals surface area contributed by atoms with Crippen LogP contribution in [0.15, 0.2) is 18.2 Å². The molecule has 0 fully saturated rings. The zero-order chi connectivity index (χ0) is 24.1.